The number of H-pyrrole nitrogens is 1. The lowest BCUT2D eigenvalue weighted by Crippen LogP contribution is -2.39. The fourth-order valence-corrected chi connectivity index (χ4v) is 1.96. The molecule has 0 unspecified atom stereocenters. The van der Waals surface area contributed by atoms with Gasteiger partial charge >= 0.3 is 5.69 Å². The van der Waals surface area contributed by atoms with Crippen molar-refractivity contribution in [3.8, 4) is 0 Å². The van der Waals surface area contributed by atoms with Crippen molar-refractivity contribution in [2.45, 2.75) is 37.6 Å². The number of nitrogens with one attached hydrogen (secondary N) is 1. The summed E-state index contributed by atoms with van der Waals surface area (Å²) in [7, 11) is 0. The van der Waals surface area contributed by atoms with Crippen molar-refractivity contribution in [2.24, 2.45) is 0 Å². The predicted octanol–water partition coefficient (Wildman–Crippen LogP) is -2.32. The number of rotatable bonds is 2. The van der Waals surface area contributed by atoms with Crippen LogP contribution in [0.3, 0.4) is 0 Å². The minimum absolute atomic E-state index is 0.576. The number of halogens is 1. The third-order valence-electron chi connectivity index (χ3n) is 2.95. The Balaban J connectivity index is 2.41. The fourth-order valence-electron chi connectivity index (χ4n) is 1.96. The first-order chi connectivity index (χ1) is 8.82. The number of aliphatic hydroxyl groups is 3. The second-order valence-electron chi connectivity index (χ2n) is 4.36. The fraction of sp³-hybridized carbons (Fsp3) is 0.600. The van der Waals surface area contributed by atoms with Crippen molar-refractivity contribution in [1.29, 1.82) is 0 Å². The van der Waals surface area contributed by atoms with E-state index in [-0.39, 0.29) is 0 Å². The van der Waals surface area contributed by atoms with Crippen molar-refractivity contribution >= 4 is 0 Å². The lowest BCUT2D eigenvalue weighted by molar-refractivity contribution is -0.0806. The van der Waals surface area contributed by atoms with E-state index in [2.05, 4.69) is 0 Å². The number of aromatic amines is 1. The van der Waals surface area contributed by atoms with Gasteiger partial charge in [-0.3, -0.25) is 14.3 Å². The highest BCUT2D eigenvalue weighted by molar-refractivity contribution is 4.95. The Labute approximate surface area is 105 Å². The zero-order valence-corrected chi connectivity index (χ0v) is 9.86. The van der Waals surface area contributed by atoms with E-state index in [1.165, 1.54) is 6.92 Å². The molecule has 0 amide bonds. The van der Waals surface area contributed by atoms with Crippen LogP contribution in [-0.2, 0) is 4.74 Å². The van der Waals surface area contributed by atoms with Crippen molar-refractivity contribution < 1.29 is 24.4 Å². The van der Waals surface area contributed by atoms with Crippen LogP contribution in [0.1, 0.15) is 13.2 Å². The number of aromatic nitrogens is 2. The SMILES string of the molecule is C[C@@H](O)[C@H]1O[C@@H](n2cc(F)c(=O)[nH]c2=O)[C@H](O)[C@@H]1O. The largest absolute Gasteiger partial charge is 0.391 e. The van der Waals surface area contributed by atoms with Gasteiger partial charge in [0.05, 0.1) is 12.3 Å². The first kappa shape index (κ1) is 13.9. The second kappa shape index (κ2) is 4.85. The van der Waals surface area contributed by atoms with Crippen LogP contribution in [0, 0.1) is 5.82 Å². The van der Waals surface area contributed by atoms with E-state index in [1.807, 2.05) is 0 Å². The van der Waals surface area contributed by atoms with E-state index in [9.17, 15) is 29.3 Å². The van der Waals surface area contributed by atoms with Crippen LogP contribution in [0.5, 0.6) is 0 Å². The molecule has 5 atom stereocenters. The maximum Gasteiger partial charge on any atom is 0.330 e. The molecule has 19 heavy (non-hydrogen) atoms. The summed E-state index contributed by atoms with van der Waals surface area (Å²) < 4.78 is 18.9. The monoisotopic (exact) mass is 276 g/mol. The summed E-state index contributed by atoms with van der Waals surface area (Å²) in [4.78, 5) is 24.1. The molecular formula is C10H13FN2O6. The molecule has 106 valence electrons. The maximum atomic E-state index is 13.1. The van der Waals surface area contributed by atoms with Crippen molar-refractivity contribution in [3.63, 3.8) is 0 Å². The minimum Gasteiger partial charge on any atom is -0.391 e. The van der Waals surface area contributed by atoms with Gasteiger partial charge in [-0.2, -0.15) is 4.39 Å². The number of nitrogens with zero attached hydrogens (tertiary/aromatic N) is 1. The van der Waals surface area contributed by atoms with Gasteiger partial charge in [0.15, 0.2) is 6.23 Å². The number of hydrogen-bond acceptors (Lipinski definition) is 6. The van der Waals surface area contributed by atoms with Crippen molar-refractivity contribution in [1.82, 2.24) is 9.55 Å². The first-order valence-corrected chi connectivity index (χ1v) is 5.53. The molecule has 4 N–H and O–H groups in total. The molecule has 0 spiro atoms. The highest BCUT2D eigenvalue weighted by Gasteiger charge is 2.46. The van der Waals surface area contributed by atoms with Gasteiger partial charge in [0.25, 0.3) is 5.56 Å². The standard InChI is InChI=1S/C10H13FN2O6/c1-3(14)7-5(15)6(16)9(19-7)13-2-4(11)8(17)12-10(13)18/h2-3,5-7,9,14-16H,1H3,(H,12,17,18)/t3-,5+,6-,7-,9-/m1/s1. The lowest BCUT2D eigenvalue weighted by Gasteiger charge is -2.17. The highest BCUT2D eigenvalue weighted by atomic mass is 19.1. The van der Waals surface area contributed by atoms with Crippen LogP contribution in [0.25, 0.3) is 0 Å². The summed E-state index contributed by atoms with van der Waals surface area (Å²) in [6.07, 6.45) is -6.02. The second-order valence-corrected chi connectivity index (χ2v) is 4.36. The minimum atomic E-state index is -1.54. The van der Waals surface area contributed by atoms with Gasteiger partial charge in [0, 0.05) is 0 Å². The lowest BCUT2D eigenvalue weighted by atomic mass is 10.1. The molecule has 9 heteroatoms. The molecule has 1 aliphatic rings. The molecule has 0 aromatic carbocycles. The van der Waals surface area contributed by atoms with Crippen molar-refractivity contribution in [2.75, 3.05) is 0 Å². The third kappa shape index (κ3) is 2.32. The Morgan fingerprint density at radius 2 is 2.05 bits per heavy atom. The Bertz CT molecular complexity index is 582. The van der Waals surface area contributed by atoms with Crippen LogP contribution in [0.4, 0.5) is 4.39 Å². The molecule has 2 heterocycles. The maximum absolute atomic E-state index is 13.1. The average Bonchev–Trinajstić information content (AvgIpc) is 2.62. The first-order valence-electron chi connectivity index (χ1n) is 5.53. The zero-order valence-electron chi connectivity index (χ0n) is 9.86. The van der Waals surface area contributed by atoms with Crippen LogP contribution in [0.15, 0.2) is 15.8 Å². The molecular weight excluding hydrogens is 263 g/mol. The molecule has 1 aromatic heterocycles. The van der Waals surface area contributed by atoms with E-state index in [0.717, 1.165) is 0 Å². The molecule has 1 aromatic rings. The van der Waals surface area contributed by atoms with E-state index < -0.39 is 47.7 Å². The number of aliphatic hydroxyl groups excluding tert-OH is 3. The summed E-state index contributed by atoms with van der Waals surface area (Å²) in [5.74, 6) is -1.23. The molecule has 1 fully saturated rings. The zero-order chi connectivity index (χ0) is 14.3. The van der Waals surface area contributed by atoms with Gasteiger partial charge in [-0.05, 0) is 6.92 Å². The van der Waals surface area contributed by atoms with Gasteiger partial charge in [0.2, 0.25) is 5.82 Å². The van der Waals surface area contributed by atoms with Crippen LogP contribution in [-0.4, -0.2) is 49.3 Å². The quantitative estimate of drug-likeness (QED) is 0.480. The smallest absolute Gasteiger partial charge is 0.330 e. The molecule has 0 bridgehead atoms. The Kier molecular flexibility index (Phi) is 3.54. The van der Waals surface area contributed by atoms with Crippen LogP contribution < -0.4 is 11.2 Å². The van der Waals surface area contributed by atoms with E-state index in [4.69, 9.17) is 4.74 Å². The van der Waals surface area contributed by atoms with E-state index in [0.29, 0.717) is 10.8 Å². The highest BCUT2D eigenvalue weighted by Crippen LogP contribution is 2.29. The van der Waals surface area contributed by atoms with Gasteiger partial charge in [0.1, 0.15) is 18.3 Å². The molecule has 1 saturated heterocycles. The summed E-state index contributed by atoms with van der Waals surface area (Å²) >= 11 is 0. The molecule has 0 aliphatic carbocycles. The Hall–Kier alpha value is -1.55. The average molecular weight is 276 g/mol. The summed E-state index contributed by atoms with van der Waals surface area (Å²) in [6.45, 7) is 1.33. The topological polar surface area (TPSA) is 125 Å². The normalized spacial score (nSPS) is 32.5. The molecule has 0 radical (unpaired) electrons. The number of hydrogen-bond donors (Lipinski definition) is 4. The molecule has 8 nitrogen and oxygen atoms in total. The van der Waals surface area contributed by atoms with E-state index >= 15 is 0 Å². The van der Waals surface area contributed by atoms with Crippen molar-refractivity contribution in [3.05, 3.63) is 32.9 Å². The molecule has 2 rings (SSSR count). The summed E-state index contributed by atoms with van der Waals surface area (Å²) in [6, 6.07) is 0. The van der Waals surface area contributed by atoms with Crippen LogP contribution in [0.2, 0.25) is 0 Å². The van der Waals surface area contributed by atoms with Gasteiger partial charge < -0.3 is 20.1 Å². The molecule has 1 aliphatic heterocycles. The Morgan fingerprint density at radius 1 is 1.42 bits per heavy atom. The predicted molar refractivity (Wildman–Crippen MR) is 58.9 cm³/mol. The van der Waals surface area contributed by atoms with Gasteiger partial charge in [-0.1, -0.05) is 0 Å². The molecule has 0 saturated carbocycles. The van der Waals surface area contributed by atoms with Gasteiger partial charge in [-0.15, -0.1) is 0 Å². The Morgan fingerprint density at radius 3 is 2.58 bits per heavy atom. The van der Waals surface area contributed by atoms with Gasteiger partial charge in [-0.25, -0.2) is 4.79 Å². The number of ether oxygens (including phenoxy) is 1. The van der Waals surface area contributed by atoms with Crippen LogP contribution >= 0.6 is 0 Å². The summed E-state index contributed by atoms with van der Waals surface area (Å²) in [5, 5.41) is 28.8. The van der Waals surface area contributed by atoms with E-state index in [1.54, 1.807) is 4.98 Å². The summed E-state index contributed by atoms with van der Waals surface area (Å²) in [5.41, 5.74) is -2.18. The third-order valence-corrected chi connectivity index (χ3v) is 2.95.